The van der Waals surface area contributed by atoms with Gasteiger partial charge in [0.15, 0.2) is 17.1 Å². The molecule has 0 spiro atoms. The van der Waals surface area contributed by atoms with Gasteiger partial charge in [-0.1, -0.05) is 36.4 Å². The Hall–Kier alpha value is -2.79. The number of likely N-dealkylation sites (tertiary alicyclic amines) is 1. The number of para-hydroxylation sites is 1. The Morgan fingerprint density at radius 2 is 1.93 bits per heavy atom. The molecule has 0 saturated carbocycles. The summed E-state index contributed by atoms with van der Waals surface area (Å²) in [6, 6.07) is 16.6. The van der Waals surface area contributed by atoms with Gasteiger partial charge in [0.05, 0.1) is 7.11 Å². The number of rotatable bonds is 3. The highest BCUT2D eigenvalue weighted by atomic mass is 16.5. The lowest BCUT2D eigenvalue weighted by molar-refractivity contribution is 0.0197. The van der Waals surface area contributed by atoms with Gasteiger partial charge in [-0.15, -0.1) is 0 Å². The second kappa shape index (κ2) is 6.43. The zero-order valence-corrected chi connectivity index (χ0v) is 15.4. The van der Waals surface area contributed by atoms with E-state index in [0.29, 0.717) is 23.1 Å². The standard InChI is InChI=1S/C22H22N2O3/c1-26-19-8-4-7-16-11-20(27-21(16)19)22(25)24-13-18(14-24)23-10-9-15-5-2-3-6-17(15)12-23/h2-8,11,18H,9-10,12-14H2,1H3. The van der Waals surface area contributed by atoms with Crippen molar-refractivity contribution >= 4 is 16.9 Å². The Balaban J connectivity index is 1.27. The molecule has 0 unspecified atom stereocenters. The van der Waals surface area contributed by atoms with Gasteiger partial charge >= 0.3 is 0 Å². The minimum atomic E-state index is -0.0399. The predicted molar refractivity (Wildman–Crippen MR) is 103 cm³/mol. The highest BCUT2D eigenvalue weighted by Crippen LogP contribution is 2.30. The van der Waals surface area contributed by atoms with Crippen LogP contribution in [0, 0.1) is 0 Å². The molecule has 2 aliphatic heterocycles. The molecule has 0 radical (unpaired) electrons. The van der Waals surface area contributed by atoms with E-state index < -0.39 is 0 Å². The van der Waals surface area contributed by atoms with Gasteiger partial charge in [-0.2, -0.15) is 0 Å². The fourth-order valence-electron chi connectivity index (χ4n) is 4.14. The van der Waals surface area contributed by atoms with Crippen molar-refractivity contribution in [3.05, 3.63) is 65.4 Å². The fraction of sp³-hybridized carbons (Fsp3) is 0.318. The first-order valence-electron chi connectivity index (χ1n) is 9.39. The van der Waals surface area contributed by atoms with Crippen LogP contribution in [0.4, 0.5) is 0 Å². The molecule has 5 nitrogen and oxygen atoms in total. The zero-order valence-electron chi connectivity index (χ0n) is 15.4. The van der Waals surface area contributed by atoms with Crippen LogP contribution in [0.1, 0.15) is 21.7 Å². The molecule has 5 heteroatoms. The van der Waals surface area contributed by atoms with Gasteiger partial charge in [0, 0.05) is 37.6 Å². The summed E-state index contributed by atoms with van der Waals surface area (Å²) in [6.07, 6.45) is 1.09. The SMILES string of the molecule is COc1cccc2cc(C(=O)N3CC(N4CCc5ccccc5C4)C3)oc12. The molecule has 1 fully saturated rings. The molecule has 1 amide bonds. The monoisotopic (exact) mass is 362 g/mol. The van der Waals surface area contributed by atoms with Crippen molar-refractivity contribution in [2.24, 2.45) is 0 Å². The molecule has 138 valence electrons. The van der Waals surface area contributed by atoms with Crippen molar-refractivity contribution in [2.45, 2.75) is 19.0 Å². The predicted octanol–water partition coefficient (Wildman–Crippen LogP) is 3.32. The molecule has 2 aliphatic rings. The van der Waals surface area contributed by atoms with Crippen molar-refractivity contribution in [3.63, 3.8) is 0 Å². The number of furan rings is 1. The second-order valence-corrected chi connectivity index (χ2v) is 7.34. The summed E-state index contributed by atoms with van der Waals surface area (Å²) in [5, 5.41) is 0.891. The van der Waals surface area contributed by atoms with E-state index in [-0.39, 0.29) is 5.91 Å². The Morgan fingerprint density at radius 1 is 1.11 bits per heavy atom. The third-order valence-corrected chi connectivity index (χ3v) is 5.76. The summed E-state index contributed by atoms with van der Waals surface area (Å²) in [5.74, 6) is 0.999. The van der Waals surface area contributed by atoms with Crippen LogP contribution < -0.4 is 4.74 Å². The smallest absolute Gasteiger partial charge is 0.289 e. The number of carbonyl (C=O) groups is 1. The third-order valence-electron chi connectivity index (χ3n) is 5.76. The number of carbonyl (C=O) groups excluding carboxylic acids is 1. The van der Waals surface area contributed by atoms with Gasteiger partial charge in [0.2, 0.25) is 0 Å². The fourth-order valence-corrected chi connectivity index (χ4v) is 4.14. The van der Waals surface area contributed by atoms with Crippen molar-refractivity contribution < 1.29 is 13.9 Å². The van der Waals surface area contributed by atoms with E-state index in [1.807, 2.05) is 29.2 Å². The first-order valence-corrected chi connectivity index (χ1v) is 9.39. The maximum atomic E-state index is 12.8. The average Bonchev–Trinajstić information content (AvgIpc) is 3.11. The molecule has 3 aromatic rings. The van der Waals surface area contributed by atoms with Crippen LogP contribution in [0.5, 0.6) is 5.75 Å². The number of hydrogen-bond donors (Lipinski definition) is 0. The molecule has 3 heterocycles. The maximum Gasteiger partial charge on any atom is 0.289 e. The number of amides is 1. The Labute approximate surface area is 158 Å². The summed E-state index contributed by atoms with van der Waals surface area (Å²) in [7, 11) is 1.61. The summed E-state index contributed by atoms with van der Waals surface area (Å²) in [5.41, 5.74) is 3.50. The normalized spacial score (nSPS) is 17.6. The first-order chi connectivity index (χ1) is 13.2. The average molecular weight is 362 g/mol. The topological polar surface area (TPSA) is 45.9 Å². The van der Waals surface area contributed by atoms with Crippen molar-refractivity contribution in [1.82, 2.24) is 9.80 Å². The van der Waals surface area contributed by atoms with Crippen LogP contribution in [0.25, 0.3) is 11.0 Å². The van der Waals surface area contributed by atoms with Crippen LogP contribution in [0.15, 0.2) is 52.9 Å². The molecule has 0 bridgehead atoms. The quantitative estimate of drug-likeness (QED) is 0.717. The third kappa shape index (κ3) is 2.79. The Kier molecular flexibility index (Phi) is 3.90. The molecular formula is C22H22N2O3. The van der Waals surface area contributed by atoms with Crippen molar-refractivity contribution in [3.8, 4) is 5.75 Å². The summed E-state index contributed by atoms with van der Waals surface area (Å²) < 4.78 is 11.1. The van der Waals surface area contributed by atoms with Gasteiger partial charge in [-0.25, -0.2) is 0 Å². The van der Waals surface area contributed by atoms with Crippen LogP contribution in [0.2, 0.25) is 0 Å². The second-order valence-electron chi connectivity index (χ2n) is 7.34. The van der Waals surface area contributed by atoms with Crippen molar-refractivity contribution in [2.75, 3.05) is 26.7 Å². The highest BCUT2D eigenvalue weighted by Gasteiger charge is 2.37. The van der Waals surface area contributed by atoms with E-state index in [1.54, 1.807) is 7.11 Å². The number of hydrogen-bond acceptors (Lipinski definition) is 4. The molecule has 0 aliphatic carbocycles. The Morgan fingerprint density at radius 3 is 2.74 bits per heavy atom. The lowest BCUT2D eigenvalue weighted by atomic mass is 9.96. The van der Waals surface area contributed by atoms with Gasteiger partial charge in [0.1, 0.15) is 0 Å². The lowest BCUT2D eigenvalue weighted by Crippen LogP contribution is -2.61. The summed E-state index contributed by atoms with van der Waals surface area (Å²) >= 11 is 0. The minimum Gasteiger partial charge on any atom is -0.493 e. The number of fused-ring (bicyclic) bond motifs is 2. The van der Waals surface area contributed by atoms with E-state index in [1.165, 1.54) is 11.1 Å². The number of ether oxygens (including phenoxy) is 1. The van der Waals surface area contributed by atoms with E-state index in [2.05, 4.69) is 29.2 Å². The lowest BCUT2D eigenvalue weighted by Gasteiger charge is -2.46. The molecule has 1 saturated heterocycles. The van der Waals surface area contributed by atoms with Gasteiger partial charge < -0.3 is 14.1 Å². The first kappa shape index (κ1) is 16.4. The van der Waals surface area contributed by atoms with Gasteiger partial charge in [-0.05, 0) is 29.7 Å². The van der Waals surface area contributed by atoms with E-state index >= 15 is 0 Å². The molecule has 0 atom stereocenters. The zero-order chi connectivity index (χ0) is 18.4. The molecule has 27 heavy (non-hydrogen) atoms. The number of benzene rings is 2. The highest BCUT2D eigenvalue weighted by molar-refractivity contribution is 5.97. The number of methoxy groups -OCH3 is 1. The molecule has 0 N–H and O–H groups in total. The summed E-state index contributed by atoms with van der Waals surface area (Å²) in [4.78, 5) is 17.2. The van der Waals surface area contributed by atoms with Crippen LogP contribution in [-0.4, -0.2) is 48.5 Å². The molecular weight excluding hydrogens is 340 g/mol. The van der Waals surface area contributed by atoms with Crippen LogP contribution >= 0.6 is 0 Å². The van der Waals surface area contributed by atoms with Gasteiger partial charge in [0.25, 0.3) is 5.91 Å². The van der Waals surface area contributed by atoms with E-state index in [9.17, 15) is 4.79 Å². The minimum absolute atomic E-state index is 0.0399. The molecule has 1 aromatic heterocycles. The van der Waals surface area contributed by atoms with Crippen LogP contribution in [0.3, 0.4) is 0 Å². The Bertz CT molecular complexity index is 1000. The largest absolute Gasteiger partial charge is 0.493 e. The van der Waals surface area contributed by atoms with Gasteiger partial charge in [-0.3, -0.25) is 9.69 Å². The molecule has 5 rings (SSSR count). The van der Waals surface area contributed by atoms with Crippen LogP contribution in [-0.2, 0) is 13.0 Å². The maximum absolute atomic E-state index is 12.8. The summed E-state index contributed by atoms with van der Waals surface area (Å²) in [6.45, 7) is 3.56. The van der Waals surface area contributed by atoms with E-state index in [4.69, 9.17) is 9.15 Å². The van der Waals surface area contributed by atoms with Crippen molar-refractivity contribution in [1.29, 1.82) is 0 Å². The number of nitrogens with zero attached hydrogens (tertiary/aromatic N) is 2. The van der Waals surface area contributed by atoms with E-state index in [0.717, 1.165) is 38.0 Å². The molecule has 2 aromatic carbocycles.